The molecule has 24 heavy (non-hydrogen) atoms. The van der Waals surface area contributed by atoms with Crippen molar-refractivity contribution in [1.82, 2.24) is 5.43 Å². The Kier molecular flexibility index (Phi) is 6.14. The van der Waals surface area contributed by atoms with Gasteiger partial charge in [0.1, 0.15) is 11.5 Å². The van der Waals surface area contributed by atoms with Crippen molar-refractivity contribution in [3.63, 3.8) is 0 Å². The number of anilines is 1. The molecule has 126 valence electrons. The molecule has 2 aromatic carbocycles. The van der Waals surface area contributed by atoms with Gasteiger partial charge >= 0.3 is 0 Å². The fourth-order valence-corrected chi connectivity index (χ4v) is 2.20. The zero-order valence-electron chi connectivity index (χ0n) is 13.9. The van der Waals surface area contributed by atoms with Crippen LogP contribution in [0.15, 0.2) is 47.6 Å². The number of methoxy groups -OCH3 is 1. The van der Waals surface area contributed by atoms with Crippen LogP contribution < -0.4 is 15.5 Å². The number of phenols is 1. The van der Waals surface area contributed by atoms with E-state index in [0.717, 1.165) is 5.69 Å². The van der Waals surface area contributed by atoms with Gasteiger partial charge in [-0.25, -0.2) is 0 Å². The number of hydrazone groups is 1. The summed E-state index contributed by atoms with van der Waals surface area (Å²) in [6.07, 6.45) is 1.48. The van der Waals surface area contributed by atoms with E-state index in [4.69, 9.17) is 17.0 Å². The Bertz CT molecular complexity index is 728. The molecule has 6 heteroatoms. The molecule has 0 saturated heterocycles. The Labute approximate surface area is 147 Å². The standard InChI is InChI=1S/C18H21N3O2S/c1-12(2)13-4-6-15(7-5-13)20-18(24)21-19-11-14-10-16(23-3)8-9-17(14)22/h4-12,22H,1-3H3,(H2,20,21,24)/b19-11+. The first-order valence-electron chi connectivity index (χ1n) is 7.56. The molecule has 0 atom stereocenters. The van der Waals surface area contributed by atoms with Crippen molar-refractivity contribution in [2.45, 2.75) is 19.8 Å². The van der Waals surface area contributed by atoms with E-state index in [2.05, 4.69) is 41.8 Å². The quantitative estimate of drug-likeness (QED) is 0.437. The third-order valence-corrected chi connectivity index (χ3v) is 3.63. The normalized spacial score (nSPS) is 10.8. The highest BCUT2D eigenvalue weighted by Crippen LogP contribution is 2.21. The molecule has 0 spiro atoms. The fourth-order valence-electron chi connectivity index (χ4n) is 2.03. The van der Waals surface area contributed by atoms with E-state index in [1.165, 1.54) is 11.8 Å². The Morgan fingerprint density at radius 2 is 1.92 bits per heavy atom. The number of benzene rings is 2. The van der Waals surface area contributed by atoms with Crippen molar-refractivity contribution < 1.29 is 9.84 Å². The summed E-state index contributed by atoms with van der Waals surface area (Å²) >= 11 is 5.19. The van der Waals surface area contributed by atoms with Crippen LogP contribution in [0.5, 0.6) is 11.5 Å². The number of nitrogens with zero attached hydrogens (tertiary/aromatic N) is 1. The highest BCUT2D eigenvalue weighted by Gasteiger charge is 2.02. The smallest absolute Gasteiger partial charge is 0.191 e. The topological polar surface area (TPSA) is 65.9 Å². The second-order valence-electron chi connectivity index (χ2n) is 5.53. The number of hydrogen-bond acceptors (Lipinski definition) is 4. The number of hydrogen-bond donors (Lipinski definition) is 3. The minimum absolute atomic E-state index is 0.115. The Balaban J connectivity index is 1.93. The molecule has 0 fully saturated rings. The number of rotatable bonds is 5. The first-order valence-corrected chi connectivity index (χ1v) is 7.97. The summed E-state index contributed by atoms with van der Waals surface area (Å²) in [6, 6.07) is 13.0. The molecule has 0 aliphatic heterocycles. The average molecular weight is 343 g/mol. The molecule has 3 N–H and O–H groups in total. The monoisotopic (exact) mass is 343 g/mol. The molecule has 0 aromatic heterocycles. The van der Waals surface area contributed by atoms with Crippen molar-refractivity contribution in [3.8, 4) is 11.5 Å². The molecule has 0 saturated carbocycles. The predicted octanol–water partition coefficient (Wildman–Crippen LogP) is 3.84. The number of phenolic OH excluding ortho intramolecular Hbond substituents is 1. The molecule has 5 nitrogen and oxygen atoms in total. The van der Waals surface area contributed by atoms with E-state index >= 15 is 0 Å². The lowest BCUT2D eigenvalue weighted by molar-refractivity contribution is 0.412. The van der Waals surface area contributed by atoms with E-state index in [-0.39, 0.29) is 5.75 Å². The largest absolute Gasteiger partial charge is 0.507 e. The van der Waals surface area contributed by atoms with Crippen LogP contribution in [-0.2, 0) is 0 Å². The van der Waals surface area contributed by atoms with Gasteiger partial charge in [0.2, 0.25) is 0 Å². The van der Waals surface area contributed by atoms with E-state index < -0.39 is 0 Å². The van der Waals surface area contributed by atoms with Crippen molar-refractivity contribution >= 4 is 29.2 Å². The molecular weight excluding hydrogens is 322 g/mol. The highest BCUT2D eigenvalue weighted by atomic mass is 32.1. The molecular formula is C18H21N3O2S. The second kappa shape index (κ2) is 8.31. The first-order chi connectivity index (χ1) is 11.5. The van der Waals surface area contributed by atoms with Gasteiger partial charge < -0.3 is 15.2 Å². The molecule has 2 rings (SSSR count). The third kappa shape index (κ3) is 4.96. The minimum atomic E-state index is 0.115. The lowest BCUT2D eigenvalue weighted by Crippen LogP contribution is -2.23. The number of thiocarbonyl (C=S) groups is 1. The van der Waals surface area contributed by atoms with Crippen molar-refractivity contribution in [2.24, 2.45) is 5.10 Å². The molecule has 0 amide bonds. The van der Waals surface area contributed by atoms with E-state index in [1.54, 1.807) is 25.3 Å². The SMILES string of the molecule is COc1ccc(O)c(/C=N/NC(=S)Nc2ccc(C(C)C)cc2)c1. The maximum absolute atomic E-state index is 9.78. The van der Waals surface area contributed by atoms with Crippen LogP contribution in [0.25, 0.3) is 0 Å². The van der Waals surface area contributed by atoms with Crippen LogP contribution in [0.3, 0.4) is 0 Å². The van der Waals surface area contributed by atoms with Gasteiger partial charge in [-0.3, -0.25) is 5.43 Å². The van der Waals surface area contributed by atoms with Crippen molar-refractivity contribution in [2.75, 3.05) is 12.4 Å². The van der Waals surface area contributed by atoms with Gasteiger partial charge in [-0.2, -0.15) is 5.10 Å². The van der Waals surface area contributed by atoms with Gasteiger partial charge in [0.05, 0.1) is 13.3 Å². The number of nitrogens with one attached hydrogen (secondary N) is 2. The van der Waals surface area contributed by atoms with Gasteiger partial charge in [0.25, 0.3) is 0 Å². The van der Waals surface area contributed by atoms with E-state index in [0.29, 0.717) is 22.3 Å². The summed E-state index contributed by atoms with van der Waals surface area (Å²) in [5.41, 5.74) is 5.41. The van der Waals surface area contributed by atoms with Gasteiger partial charge in [-0.05, 0) is 54.0 Å². The van der Waals surface area contributed by atoms with Gasteiger partial charge in [0.15, 0.2) is 5.11 Å². The predicted molar refractivity (Wildman–Crippen MR) is 102 cm³/mol. The van der Waals surface area contributed by atoms with Crippen LogP contribution in [0.1, 0.15) is 30.9 Å². The Hall–Kier alpha value is -2.60. The van der Waals surface area contributed by atoms with Crippen molar-refractivity contribution in [1.29, 1.82) is 0 Å². The molecule has 0 unspecified atom stereocenters. The molecule has 0 aliphatic rings. The number of aromatic hydroxyl groups is 1. The maximum Gasteiger partial charge on any atom is 0.191 e. The molecule has 0 aliphatic carbocycles. The molecule has 2 aromatic rings. The summed E-state index contributed by atoms with van der Waals surface area (Å²) in [5, 5.41) is 17.2. The van der Waals surface area contributed by atoms with Crippen LogP contribution in [0.2, 0.25) is 0 Å². The molecule has 0 heterocycles. The van der Waals surface area contributed by atoms with Crippen LogP contribution >= 0.6 is 12.2 Å². The Morgan fingerprint density at radius 1 is 1.21 bits per heavy atom. The summed E-state index contributed by atoms with van der Waals surface area (Å²) in [7, 11) is 1.56. The average Bonchev–Trinajstić information content (AvgIpc) is 2.57. The molecule has 0 radical (unpaired) electrons. The highest BCUT2D eigenvalue weighted by molar-refractivity contribution is 7.80. The summed E-state index contributed by atoms with van der Waals surface area (Å²) < 4.78 is 5.11. The van der Waals surface area contributed by atoms with Crippen molar-refractivity contribution in [3.05, 3.63) is 53.6 Å². The Morgan fingerprint density at radius 3 is 2.54 bits per heavy atom. The fraction of sp³-hybridized carbons (Fsp3) is 0.222. The maximum atomic E-state index is 9.78. The minimum Gasteiger partial charge on any atom is -0.507 e. The summed E-state index contributed by atoms with van der Waals surface area (Å²) in [6.45, 7) is 4.30. The van der Waals surface area contributed by atoms with E-state index in [1.807, 2.05) is 12.1 Å². The summed E-state index contributed by atoms with van der Waals surface area (Å²) in [4.78, 5) is 0. The first kappa shape index (κ1) is 17.7. The van der Waals surface area contributed by atoms with Gasteiger partial charge in [-0.15, -0.1) is 0 Å². The van der Waals surface area contributed by atoms with E-state index in [9.17, 15) is 5.11 Å². The third-order valence-electron chi connectivity index (χ3n) is 3.44. The lowest BCUT2D eigenvalue weighted by atomic mass is 10.0. The lowest BCUT2D eigenvalue weighted by Gasteiger charge is -2.09. The second-order valence-corrected chi connectivity index (χ2v) is 5.93. The zero-order chi connectivity index (χ0) is 17.5. The van der Waals surface area contributed by atoms with Crippen LogP contribution in [0.4, 0.5) is 5.69 Å². The molecule has 0 bridgehead atoms. The van der Waals surface area contributed by atoms with Crippen LogP contribution in [-0.4, -0.2) is 23.5 Å². The van der Waals surface area contributed by atoms with Gasteiger partial charge in [-0.1, -0.05) is 26.0 Å². The van der Waals surface area contributed by atoms with Gasteiger partial charge in [0, 0.05) is 11.3 Å². The summed E-state index contributed by atoms with van der Waals surface area (Å²) in [5.74, 6) is 1.24. The number of ether oxygens (including phenoxy) is 1. The zero-order valence-corrected chi connectivity index (χ0v) is 14.7. The van der Waals surface area contributed by atoms with Crippen LogP contribution in [0, 0.1) is 0 Å².